The number of nitrogen functional groups attached to an aromatic ring is 1. The summed E-state index contributed by atoms with van der Waals surface area (Å²) >= 11 is 0. The lowest BCUT2D eigenvalue weighted by atomic mass is 9.97. The average Bonchev–Trinajstić information content (AvgIpc) is 2.98. The molecule has 0 saturated heterocycles. The van der Waals surface area contributed by atoms with Crippen molar-refractivity contribution in [3.63, 3.8) is 0 Å². The number of fused-ring (bicyclic) bond motifs is 1. The summed E-state index contributed by atoms with van der Waals surface area (Å²) in [5, 5.41) is 7.47. The van der Waals surface area contributed by atoms with Crippen molar-refractivity contribution in [2.75, 3.05) is 5.73 Å². The van der Waals surface area contributed by atoms with Gasteiger partial charge in [0, 0.05) is 7.05 Å². The van der Waals surface area contributed by atoms with E-state index in [-0.39, 0.29) is 5.82 Å². The molecule has 2 heterocycles. The summed E-state index contributed by atoms with van der Waals surface area (Å²) in [5.41, 5.74) is 13.3. The Morgan fingerprint density at radius 1 is 0.950 bits per heavy atom. The largest absolute Gasteiger partial charge is 0.379 e. The molecule has 3 rings (SSSR count). The maximum absolute atomic E-state index is 5.78. The van der Waals surface area contributed by atoms with Crippen molar-refractivity contribution in [1.29, 1.82) is 0 Å². The first-order valence-electron chi connectivity index (χ1n) is 6.44. The van der Waals surface area contributed by atoms with Gasteiger partial charge in [-0.2, -0.15) is 0 Å². The second-order valence-corrected chi connectivity index (χ2v) is 5.19. The molecule has 104 valence electrons. The third kappa shape index (κ3) is 1.47. The van der Waals surface area contributed by atoms with Crippen molar-refractivity contribution < 1.29 is 4.63 Å². The maximum Gasteiger partial charge on any atom is 0.199 e. The quantitative estimate of drug-likeness (QED) is 0.735. The smallest absolute Gasteiger partial charge is 0.199 e. The second-order valence-electron chi connectivity index (χ2n) is 5.19. The van der Waals surface area contributed by atoms with E-state index in [1.165, 1.54) is 22.3 Å². The van der Waals surface area contributed by atoms with Crippen LogP contribution in [0.25, 0.3) is 22.6 Å². The number of rotatable bonds is 1. The fourth-order valence-corrected chi connectivity index (χ4v) is 2.67. The first kappa shape index (κ1) is 12.7. The summed E-state index contributed by atoms with van der Waals surface area (Å²) in [6.45, 7) is 8.46. The first-order valence-corrected chi connectivity index (χ1v) is 6.44. The number of aryl methyl sites for hydroxylation is 3. The molecule has 2 aromatic heterocycles. The van der Waals surface area contributed by atoms with Crippen LogP contribution in [0.4, 0.5) is 5.82 Å². The standard InChI is InChI=1S/C14H17N5O/c1-6-7(2)9(4)12-10(8(6)3)16-14(19(12)5)11-13(15)18-20-17-11/h1-5H3,(H2,15,18). The molecular formula is C14H17N5O. The average molecular weight is 271 g/mol. The summed E-state index contributed by atoms with van der Waals surface area (Å²) in [7, 11) is 1.96. The van der Waals surface area contributed by atoms with Gasteiger partial charge in [0.15, 0.2) is 17.3 Å². The summed E-state index contributed by atoms with van der Waals surface area (Å²) in [5.74, 6) is 0.933. The maximum atomic E-state index is 5.78. The van der Waals surface area contributed by atoms with Crippen molar-refractivity contribution in [3.05, 3.63) is 22.3 Å². The van der Waals surface area contributed by atoms with Crippen molar-refractivity contribution in [2.24, 2.45) is 7.05 Å². The Morgan fingerprint density at radius 3 is 2.20 bits per heavy atom. The van der Waals surface area contributed by atoms with Gasteiger partial charge in [-0.3, -0.25) is 0 Å². The minimum atomic E-state index is 0.257. The van der Waals surface area contributed by atoms with E-state index in [4.69, 9.17) is 10.7 Å². The molecule has 0 amide bonds. The van der Waals surface area contributed by atoms with Crippen LogP contribution in [0.5, 0.6) is 0 Å². The zero-order valence-electron chi connectivity index (χ0n) is 12.3. The Balaban J connectivity index is 2.45. The monoisotopic (exact) mass is 271 g/mol. The van der Waals surface area contributed by atoms with Crippen molar-refractivity contribution in [3.8, 4) is 11.5 Å². The van der Waals surface area contributed by atoms with Gasteiger partial charge in [-0.25, -0.2) is 9.61 Å². The number of nitrogens with two attached hydrogens (primary N) is 1. The van der Waals surface area contributed by atoms with Gasteiger partial charge in [0.05, 0.1) is 11.0 Å². The molecule has 0 aliphatic rings. The zero-order valence-corrected chi connectivity index (χ0v) is 12.3. The van der Waals surface area contributed by atoms with Gasteiger partial charge in [0.2, 0.25) is 0 Å². The number of aromatic nitrogens is 4. The van der Waals surface area contributed by atoms with Crippen LogP contribution in [0.15, 0.2) is 4.63 Å². The van der Waals surface area contributed by atoms with Crippen LogP contribution in [0.2, 0.25) is 0 Å². The number of imidazole rings is 1. The molecule has 3 aromatic rings. The van der Waals surface area contributed by atoms with Crippen molar-refractivity contribution >= 4 is 16.9 Å². The molecule has 6 heteroatoms. The van der Waals surface area contributed by atoms with Gasteiger partial charge in [0.1, 0.15) is 0 Å². The minimum Gasteiger partial charge on any atom is -0.379 e. The fourth-order valence-electron chi connectivity index (χ4n) is 2.67. The molecule has 0 aliphatic heterocycles. The lowest BCUT2D eigenvalue weighted by Crippen LogP contribution is -1.98. The van der Waals surface area contributed by atoms with Crippen LogP contribution in [0, 0.1) is 27.7 Å². The molecular weight excluding hydrogens is 254 g/mol. The molecule has 0 unspecified atom stereocenters. The Morgan fingerprint density at radius 2 is 1.60 bits per heavy atom. The molecule has 0 bridgehead atoms. The van der Waals surface area contributed by atoms with E-state index < -0.39 is 0 Å². The van der Waals surface area contributed by atoms with E-state index in [0.717, 1.165) is 11.0 Å². The van der Waals surface area contributed by atoms with Crippen LogP contribution in [0.1, 0.15) is 22.3 Å². The predicted molar refractivity (Wildman–Crippen MR) is 77.4 cm³/mol. The molecule has 0 spiro atoms. The Labute approximate surface area is 116 Å². The van der Waals surface area contributed by atoms with Gasteiger partial charge in [0.25, 0.3) is 0 Å². The summed E-state index contributed by atoms with van der Waals surface area (Å²) in [6.07, 6.45) is 0. The SMILES string of the molecule is Cc1c(C)c(C)c2c(nc(-c3nonc3N)n2C)c1C. The first-order chi connectivity index (χ1) is 9.43. The van der Waals surface area contributed by atoms with E-state index in [9.17, 15) is 0 Å². The highest BCUT2D eigenvalue weighted by Crippen LogP contribution is 2.32. The number of hydrogen-bond acceptors (Lipinski definition) is 5. The summed E-state index contributed by atoms with van der Waals surface area (Å²) in [4.78, 5) is 4.70. The normalized spacial score (nSPS) is 11.4. The predicted octanol–water partition coefficient (Wildman–Crippen LogP) is 2.44. The van der Waals surface area contributed by atoms with Crippen LogP contribution < -0.4 is 5.73 Å². The number of nitrogens with zero attached hydrogens (tertiary/aromatic N) is 4. The van der Waals surface area contributed by atoms with E-state index in [0.29, 0.717) is 11.5 Å². The molecule has 1 aromatic carbocycles. The van der Waals surface area contributed by atoms with E-state index in [1.807, 2.05) is 11.6 Å². The van der Waals surface area contributed by atoms with E-state index >= 15 is 0 Å². The highest BCUT2D eigenvalue weighted by molar-refractivity contribution is 5.88. The van der Waals surface area contributed by atoms with Crippen LogP contribution in [-0.2, 0) is 7.05 Å². The van der Waals surface area contributed by atoms with Gasteiger partial charge in [-0.1, -0.05) is 0 Å². The third-order valence-electron chi connectivity index (χ3n) is 4.22. The van der Waals surface area contributed by atoms with Gasteiger partial charge in [-0.05, 0) is 60.3 Å². The Hall–Kier alpha value is -2.37. The van der Waals surface area contributed by atoms with E-state index in [2.05, 4.69) is 42.6 Å². The van der Waals surface area contributed by atoms with Crippen LogP contribution >= 0.6 is 0 Å². The minimum absolute atomic E-state index is 0.257. The topological polar surface area (TPSA) is 82.8 Å². The highest BCUT2D eigenvalue weighted by Gasteiger charge is 2.21. The van der Waals surface area contributed by atoms with Crippen molar-refractivity contribution in [2.45, 2.75) is 27.7 Å². The van der Waals surface area contributed by atoms with Gasteiger partial charge >= 0.3 is 0 Å². The number of anilines is 1. The Bertz CT molecular complexity index is 828. The van der Waals surface area contributed by atoms with Gasteiger partial charge in [-0.15, -0.1) is 0 Å². The molecule has 0 fully saturated rings. The van der Waals surface area contributed by atoms with Gasteiger partial charge < -0.3 is 10.3 Å². The summed E-state index contributed by atoms with van der Waals surface area (Å²) < 4.78 is 6.68. The number of hydrogen-bond donors (Lipinski definition) is 1. The lowest BCUT2D eigenvalue weighted by Gasteiger charge is -2.11. The fraction of sp³-hybridized carbons (Fsp3) is 0.357. The summed E-state index contributed by atoms with van der Waals surface area (Å²) in [6, 6.07) is 0. The lowest BCUT2D eigenvalue weighted by molar-refractivity contribution is 0.310. The molecule has 0 atom stereocenters. The van der Waals surface area contributed by atoms with Crippen molar-refractivity contribution in [1.82, 2.24) is 19.9 Å². The Kier molecular flexibility index (Phi) is 2.57. The molecule has 0 aliphatic carbocycles. The zero-order chi connectivity index (χ0) is 14.6. The third-order valence-corrected chi connectivity index (χ3v) is 4.22. The molecule has 2 N–H and O–H groups in total. The van der Waals surface area contributed by atoms with Crippen LogP contribution in [-0.4, -0.2) is 19.9 Å². The van der Waals surface area contributed by atoms with E-state index in [1.54, 1.807) is 0 Å². The molecule has 0 radical (unpaired) electrons. The molecule has 0 saturated carbocycles. The molecule has 20 heavy (non-hydrogen) atoms. The van der Waals surface area contributed by atoms with Crippen LogP contribution in [0.3, 0.4) is 0 Å². The number of benzene rings is 1. The second kappa shape index (κ2) is 4.06. The molecule has 6 nitrogen and oxygen atoms in total. The highest BCUT2D eigenvalue weighted by atomic mass is 16.6.